The first kappa shape index (κ1) is 21.2. The summed E-state index contributed by atoms with van der Waals surface area (Å²) < 4.78 is 45.5. The van der Waals surface area contributed by atoms with Gasteiger partial charge in [0.15, 0.2) is 5.69 Å². The number of carbonyl (C=O) groups excluding carboxylic acids is 1. The van der Waals surface area contributed by atoms with Gasteiger partial charge in [0.1, 0.15) is 11.6 Å². The number of likely N-dealkylation sites (tertiary alicyclic amines) is 1. The first-order valence-electron chi connectivity index (χ1n) is 9.77. The average molecular weight is 452 g/mol. The van der Waals surface area contributed by atoms with Crippen molar-refractivity contribution in [3.05, 3.63) is 47.1 Å². The number of aromatic nitrogens is 1. The highest BCUT2D eigenvalue weighted by atomic mass is 32.2. The zero-order valence-electron chi connectivity index (χ0n) is 16.5. The third kappa shape index (κ3) is 4.26. The summed E-state index contributed by atoms with van der Waals surface area (Å²) in [7, 11) is -3.88. The number of fused-ring (bicyclic) bond motifs is 1. The highest BCUT2D eigenvalue weighted by molar-refractivity contribution is 7.89. The zero-order chi connectivity index (χ0) is 22.2. The van der Waals surface area contributed by atoms with Gasteiger partial charge >= 0.3 is 6.09 Å². The Bertz CT molecular complexity index is 1090. The van der Waals surface area contributed by atoms with Crippen molar-refractivity contribution in [3.8, 4) is 0 Å². The topological polar surface area (TPSA) is 133 Å². The van der Waals surface area contributed by atoms with Gasteiger partial charge in [-0.3, -0.25) is 4.79 Å². The highest BCUT2D eigenvalue weighted by Gasteiger charge is 2.34. The lowest BCUT2D eigenvalue weighted by atomic mass is 10.0. The molecule has 0 spiro atoms. The molecule has 1 saturated heterocycles. The van der Waals surface area contributed by atoms with Crippen LogP contribution in [0.3, 0.4) is 0 Å². The Morgan fingerprint density at radius 2 is 1.84 bits per heavy atom. The number of piperidine rings is 1. The highest BCUT2D eigenvalue weighted by Crippen LogP contribution is 2.27. The molecule has 166 valence electrons. The molecule has 2 aromatic rings. The van der Waals surface area contributed by atoms with Crippen molar-refractivity contribution in [1.29, 1.82) is 0 Å². The molecule has 2 amide bonds. The fourth-order valence-corrected chi connectivity index (χ4v) is 5.20. The second-order valence-corrected chi connectivity index (χ2v) is 9.43. The fourth-order valence-electron chi connectivity index (χ4n) is 3.79. The van der Waals surface area contributed by atoms with E-state index in [2.05, 4.69) is 10.5 Å². The number of carboxylic acid groups (broad SMARTS) is 1. The van der Waals surface area contributed by atoms with Crippen LogP contribution in [0.1, 0.15) is 34.7 Å². The Hall–Kier alpha value is -2.99. The molecule has 4 rings (SSSR count). The number of rotatable bonds is 4. The molecule has 10 nitrogen and oxygen atoms in total. The molecule has 0 atom stereocenters. The summed E-state index contributed by atoms with van der Waals surface area (Å²) in [4.78, 5) is 25.0. The third-order valence-corrected chi connectivity index (χ3v) is 7.42. The maximum absolute atomic E-state index is 13.2. The van der Waals surface area contributed by atoms with Crippen LogP contribution in [0.25, 0.3) is 0 Å². The predicted molar refractivity (Wildman–Crippen MR) is 104 cm³/mol. The molecule has 0 saturated carbocycles. The number of nitrogens with zero attached hydrogens (tertiary/aromatic N) is 3. The van der Waals surface area contributed by atoms with Gasteiger partial charge in [0.25, 0.3) is 5.91 Å². The van der Waals surface area contributed by atoms with Crippen molar-refractivity contribution < 1.29 is 32.0 Å². The van der Waals surface area contributed by atoms with Gasteiger partial charge in [-0.1, -0.05) is 5.16 Å². The Morgan fingerprint density at radius 3 is 2.48 bits per heavy atom. The molecule has 0 radical (unpaired) electrons. The van der Waals surface area contributed by atoms with Gasteiger partial charge in [-0.15, -0.1) is 0 Å². The summed E-state index contributed by atoms with van der Waals surface area (Å²) in [6.45, 7) is 0.706. The van der Waals surface area contributed by atoms with E-state index in [9.17, 15) is 22.4 Å². The van der Waals surface area contributed by atoms with E-state index in [4.69, 9.17) is 9.63 Å². The van der Waals surface area contributed by atoms with Crippen LogP contribution in [0.5, 0.6) is 0 Å². The molecule has 1 aromatic carbocycles. The van der Waals surface area contributed by atoms with E-state index in [1.54, 1.807) is 0 Å². The van der Waals surface area contributed by atoms with Gasteiger partial charge in [0.2, 0.25) is 10.0 Å². The second-order valence-electron chi connectivity index (χ2n) is 7.49. The minimum absolute atomic E-state index is 0.0228. The first-order valence-corrected chi connectivity index (χ1v) is 11.2. The number of sulfonamides is 1. The monoisotopic (exact) mass is 452 g/mol. The van der Waals surface area contributed by atoms with E-state index in [-0.39, 0.29) is 36.1 Å². The minimum Gasteiger partial charge on any atom is -0.465 e. The number of hydrogen-bond acceptors (Lipinski definition) is 6. The van der Waals surface area contributed by atoms with Crippen LogP contribution in [0.15, 0.2) is 33.7 Å². The summed E-state index contributed by atoms with van der Waals surface area (Å²) in [6.07, 6.45) is 0.220. The lowest BCUT2D eigenvalue weighted by molar-refractivity contribution is 0.0897. The van der Waals surface area contributed by atoms with Crippen molar-refractivity contribution in [2.45, 2.75) is 36.7 Å². The molecule has 2 aliphatic rings. The van der Waals surface area contributed by atoms with Gasteiger partial charge in [-0.25, -0.2) is 17.6 Å². The number of halogens is 1. The molecule has 31 heavy (non-hydrogen) atoms. The Kier molecular flexibility index (Phi) is 5.67. The van der Waals surface area contributed by atoms with Gasteiger partial charge < -0.3 is 19.8 Å². The maximum Gasteiger partial charge on any atom is 0.407 e. The van der Waals surface area contributed by atoms with Crippen LogP contribution >= 0.6 is 0 Å². The van der Waals surface area contributed by atoms with Crippen LogP contribution in [0.4, 0.5) is 9.18 Å². The number of hydrogen-bond donors (Lipinski definition) is 2. The molecule has 0 unspecified atom stereocenters. The molecule has 3 heterocycles. The number of carbonyl (C=O) groups is 2. The Morgan fingerprint density at radius 1 is 1.16 bits per heavy atom. The maximum atomic E-state index is 13.2. The molecular weight excluding hydrogens is 431 g/mol. The van der Waals surface area contributed by atoms with Crippen LogP contribution < -0.4 is 5.32 Å². The smallest absolute Gasteiger partial charge is 0.407 e. The van der Waals surface area contributed by atoms with Crippen molar-refractivity contribution in [3.63, 3.8) is 0 Å². The third-order valence-electron chi connectivity index (χ3n) is 5.56. The van der Waals surface area contributed by atoms with E-state index in [0.29, 0.717) is 37.3 Å². The second kappa shape index (κ2) is 8.27. The predicted octanol–water partition coefficient (Wildman–Crippen LogP) is 1.43. The summed E-state index contributed by atoms with van der Waals surface area (Å²) >= 11 is 0. The first-order chi connectivity index (χ1) is 14.8. The molecule has 0 aliphatic carbocycles. The van der Waals surface area contributed by atoms with Gasteiger partial charge in [0.05, 0.1) is 4.90 Å². The Balaban J connectivity index is 1.47. The molecule has 2 N–H and O–H groups in total. The van der Waals surface area contributed by atoms with Gasteiger partial charge in [0, 0.05) is 44.2 Å². The minimum atomic E-state index is -3.88. The molecular formula is C19H21FN4O6S. The van der Waals surface area contributed by atoms with Crippen molar-refractivity contribution in [1.82, 2.24) is 19.7 Å². The lowest BCUT2D eigenvalue weighted by Gasteiger charge is -2.30. The number of nitrogens with one attached hydrogen (secondary N) is 1. The number of amides is 2. The summed E-state index contributed by atoms with van der Waals surface area (Å²) in [5.74, 6) is -0.566. The fraction of sp³-hybridized carbons (Fsp3) is 0.421. The van der Waals surface area contributed by atoms with E-state index < -0.39 is 27.8 Å². The van der Waals surface area contributed by atoms with Gasteiger partial charge in [-0.2, -0.15) is 4.31 Å². The van der Waals surface area contributed by atoms with Crippen molar-refractivity contribution >= 4 is 22.0 Å². The standard InChI is InChI=1S/C19H21FN4O6S/c20-12-1-3-14(4-2-12)31(28,29)24-10-7-16-15(11-24)17(22-30-16)18(25)21-13-5-8-23(9-6-13)19(26)27/h1-4,13H,5-11H2,(H,21,25)(H,26,27). The molecule has 2 aliphatic heterocycles. The van der Waals surface area contributed by atoms with Gasteiger partial charge in [-0.05, 0) is 37.1 Å². The zero-order valence-corrected chi connectivity index (χ0v) is 17.3. The summed E-state index contributed by atoms with van der Waals surface area (Å²) in [5.41, 5.74) is 0.423. The molecule has 1 aromatic heterocycles. The molecule has 0 bridgehead atoms. The normalized spacial score (nSPS) is 17.9. The largest absolute Gasteiger partial charge is 0.465 e. The SMILES string of the molecule is O=C(NC1CCN(C(=O)O)CC1)c1noc2c1CN(S(=O)(=O)c1ccc(F)cc1)CC2. The van der Waals surface area contributed by atoms with Crippen LogP contribution in [-0.4, -0.2) is 65.6 Å². The average Bonchev–Trinajstić information content (AvgIpc) is 3.18. The van der Waals surface area contributed by atoms with E-state index in [0.717, 1.165) is 12.1 Å². The van der Waals surface area contributed by atoms with E-state index >= 15 is 0 Å². The lowest BCUT2D eigenvalue weighted by Crippen LogP contribution is -2.46. The van der Waals surface area contributed by atoms with Crippen molar-refractivity contribution in [2.24, 2.45) is 0 Å². The van der Waals surface area contributed by atoms with E-state index in [1.165, 1.54) is 21.3 Å². The molecule has 12 heteroatoms. The Labute approximate surface area is 177 Å². The van der Waals surface area contributed by atoms with Crippen LogP contribution in [0.2, 0.25) is 0 Å². The van der Waals surface area contributed by atoms with Crippen LogP contribution in [0, 0.1) is 5.82 Å². The number of benzene rings is 1. The molecule has 1 fully saturated rings. The summed E-state index contributed by atoms with van der Waals surface area (Å²) in [6, 6.07) is 4.35. The quantitative estimate of drug-likeness (QED) is 0.717. The van der Waals surface area contributed by atoms with E-state index in [1.807, 2.05) is 0 Å². The van der Waals surface area contributed by atoms with Crippen molar-refractivity contribution in [2.75, 3.05) is 19.6 Å². The summed E-state index contributed by atoms with van der Waals surface area (Å²) in [5, 5.41) is 15.7. The van der Waals surface area contributed by atoms with Crippen LogP contribution in [-0.2, 0) is 23.0 Å².